The van der Waals surface area contributed by atoms with E-state index in [9.17, 15) is 9.59 Å². The minimum absolute atomic E-state index is 0.251. The molecule has 0 radical (unpaired) electrons. The summed E-state index contributed by atoms with van der Waals surface area (Å²) in [5, 5.41) is 10.1. The molecule has 0 aromatic carbocycles. The van der Waals surface area contributed by atoms with Crippen LogP contribution in [-0.2, 0) is 4.79 Å². The number of imide groups is 1. The lowest BCUT2D eigenvalue weighted by Gasteiger charge is -2.25. The molecule has 0 saturated carbocycles. The zero-order chi connectivity index (χ0) is 12.4. The van der Waals surface area contributed by atoms with Crippen molar-refractivity contribution in [3.05, 3.63) is 17.8 Å². The molecule has 1 aromatic rings. The normalized spacial score (nSPS) is 16.3. The van der Waals surface area contributed by atoms with Gasteiger partial charge in [0.05, 0.1) is 6.20 Å². The maximum atomic E-state index is 11.6. The van der Waals surface area contributed by atoms with Gasteiger partial charge in [-0.05, 0) is 17.5 Å². The van der Waals surface area contributed by atoms with Crippen molar-refractivity contribution in [2.45, 2.75) is 26.2 Å². The number of carbonyl (C=O) groups is 2. The molecule has 2 rings (SSSR count). The highest BCUT2D eigenvalue weighted by molar-refractivity contribution is 6.05. The number of rotatable bonds is 2. The maximum absolute atomic E-state index is 11.6. The van der Waals surface area contributed by atoms with Crippen molar-refractivity contribution in [1.29, 1.82) is 0 Å². The van der Waals surface area contributed by atoms with Gasteiger partial charge in [0.25, 0.3) is 0 Å². The molecule has 90 valence electrons. The van der Waals surface area contributed by atoms with Crippen LogP contribution in [0.2, 0.25) is 0 Å². The number of carbonyl (C=O) groups excluding carboxylic acids is 2. The molecule has 3 amide bonds. The van der Waals surface area contributed by atoms with Crippen LogP contribution in [-0.4, -0.2) is 28.7 Å². The molecule has 6 heteroatoms. The Morgan fingerprint density at radius 2 is 2.18 bits per heavy atom. The lowest BCUT2D eigenvalue weighted by Crippen LogP contribution is -2.50. The molecule has 0 unspecified atom stereocenters. The van der Waals surface area contributed by atoms with Crippen molar-refractivity contribution in [3.8, 4) is 0 Å². The van der Waals surface area contributed by atoms with Gasteiger partial charge in [0.1, 0.15) is 0 Å². The number of nitrogens with one attached hydrogen (secondary N) is 1. The Labute approximate surface area is 99.0 Å². The van der Waals surface area contributed by atoms with E-state index in [0.717, 1.165) is 5.56 Å². The first-order chi connectivity index (χ1) is 8.08. The second kappa shape index (κ2) is 4.48. The van der Waals surface area contributed by atoms with Crippen LogP contribution in [0.5, 0.6) is 0 Å². The fraction of sp³-hybridized carbons (Fsp3) is 0.455. The van der Waals surface area contributed by atoms with Gasteiger partial charge in [-0.25, -0.2) is 4.79 Å². The zero-order valence-electron chi connectivity index (χ0n) is 9.80. The third-order valence-electron chi connectivity index (χ3n) is 2.66. The molecule has 2 heterocycles. The zero-order valence-corrected chi connectivity index (χ0v) is 9.80. The smallest absolute Gasteiger partial charge is 0.278 e. The van der Waals surface area contributed by atoms with Gasteiger partial charge in [0.2, 0.25) is 5.91 Å². The predicted molar refractivity (Wildman–Crippen MR) is 61.6 cm³/mol. The lowest BCUT2D eigenvalue weighted by molar-refractivity contribution is -0.120. The van der Waals surface area contributed by atoms with E-state index in [1.807, 2.05) is 19.9 Å². The van der Waals surface area contributed by atoms with Crippen LogP contribution in [0.15, 0.2) is 12.3 Å². The summed E-state index contributed by atoms with van der Waals surface area (Å²) < 4.78 is 0. The average Bonchev–Trinajstić information content (AvgIpc) is 2.29. The minimum Gasteiger partial charge on any atom is -0.278 e. The van der Waals surface area contributed by atoms with Gasteiger partial charge >= 0.3 is 6.03 Å². The molecule has 1 aliphatic heterocycles. The second-order valence-corrected chi connectivity index (χ2v) is 4.26. The van der Waals surface area contributed by atoms with Gasteiger partial charge in [-0.15, -0.1) is 5.10 Å². The Bertz CT molecular complexity index is 459. The van der Waals surface area contributed by atoms with E-state index in [1.165, 1.54) is 4.90 Å². The van der Waals surface area contributed by atoms with Crippen LogP contribution in [0.25, 0.3) is 0 Å². The minimum atomic E-state index is -0.434. The summed E-state index contributed by atoms with van der Waals surface area (Å²) in [5.41, 5.74) is 1.01. The molecule has 1 aromatic heterocycles. The molecule has 0 spiro atoms. The summed E-state index contributed by atoms with van der Waals surface area (Å²) >= 11 is 0. The molecule has 6 nitrogen and oxygen atoms in total. The first-order valence-corrected chi connectivity index (χ1v) is 5.52. The summed E-state index contributed by atoms with van der Waals surface area (Å²) in [4.78, 5) is 24.1. The largest absolute Gasteiger partial charge is 0.329 e. The second-order valence-electron chi connectivity index (χ2n) is 4.26. The fourth-order valence-corrected chi connectivity index (χ4v) is 1.60. The topological polar surface area (TPSA) is 75.2 Å². The molecule has 17 heavy (non-hydrogen) atoms. The van der Waals surface area contributed by atoms with E-state index in [0.29, 0.717) is 24.7 Å². The SMILES string of the molecule is CC(C)c1cnnc(N2CCC(=O)NC2=O)c1. The first kappa shape index (κ1) is 11.5. The molecule has 1 aliphatic rings. The van der Waals surface area contributed by atoms with Crippen molar-refractivity contribution in [2.24, 2.45) is 0 Å². The standard InChI is InChI=1S/C11H14N4O2/c1-7(2)8-5-9(14-12-6-8)15-4-3-10(16)13-11(15)17/h5-7H,3-4H2,1-2H3,(H,13,16,17). The quantitative estimate of drug-likeness (QED) is 0.829. The lowest BCUT2D eigenvalue weighted by atomic mass is 10.1. The summed E-state index contributed by atoms with van der Waals surface area (Å²) in [6, 6.07) is 1.39. The number of urea groups is 1. The number of anilines is 1. The Hall–Kier alpha value is -1.98. The van der Waals surface area contributed by atoms with Crippen LogP contribution in [0.3, 0.4) is 0 Å². The Morgan fingerprint density at radius 3 is 2.82 bits per heavy atom. The molecule has 1 N–H and O–H groups in total. The van der Waals surface area contributed by atoms with Crippen molar-refractivity contribution in [1.82, 2.24) is 15.5 Å². The highest BCUT2D eigenvalue weighted by atomic mass is 16.2. The van der Waals surface area contributed by atoms with Crippen molar-refractivity contribution in [2.75, 3.05) is 11.4 Å². The Kier molecular flexibility index (Phi) is 3.03. The number of aromatic nitrogens is 2. The Morgan fingerprint density at radius 1 is 1.41 bits per heavy atom. The molecular weight excluding hydrogens is 220 g/mol. The van der Waals surface area contributed by atoms with E-state index < -0.39 is 6.03 Å². The van der Waals surface area contributed by atoms with Gasteiger partial charge in [0.15, 0.2) is 5.82 Å². The van der Waals surface area contributed by atoms with E-state index in [-0.39, 0.29) is 5.91 Å². The van der Waals surface area contributed by atoms with Crippen LogP contribution < -0.4 is 10.2 Å². The van der Waals surface area contributed by atoms with E-state index in [1.54, 1.807) is 6.20 Å². The molecule has 0 aliphatic carbocycles. The van der Waals surface area contributed by atoms with Crippen LogP contribution in [0.1, 0.15) is 31.7 Å². The molecule has 0 atom stereocenters. The highest BCUT2D eigenvalue weighted by Gasteiger charge is 2.25. The molecule has 1 fully saturated rings. The maximum Gasteiger partial charge on any atom is 0.329 e. The monoisotopic (exact) mass is 234 g/mol. The van der Waals surface area contributed by atoms with Gasteiger partial charge < -0.3 is 0 Å². The van der Waals surface area contributed by atoms with Gasteiger partial charge in [-0.1, -0.05) is 13.8 Å². The van der Waals surface area contributed by atoms with E-state index >= 15 is 0 Å². The van der Waals surface area contributed by atoms with E-state index in [2.05, 4.69) is 15.5 Å². The Balaban J connectivity index is 2.25. The highest BCUT2D eigenvalue weighted by Crippen LogP contribution is 2.19. The summed E-state index contributed by atoms with van der Waals surface area (Å²) in [5.74, 6) is 0.555. The third-order valence-corrected chi connectivity index (χ3v) is 2.66. The van der Waals surface area contributed by atoms with Crippen molar-refractivity contribution < 1.29 is 9.59 Å². The summed E-state index contributed by atoms with van der Waals surface area (Å²) in [7, 11) is 0. The summed E-state index contributed by atoms with van der Waals surface area (Å²) in [6.07, 6.45) is 1.97. The van der Waals surface area contributed by atoms with Gasteiger partial charge in [-0.3, -0.25) is 15.0 Å². The van der Waals surface area contributed by atoms with Gasteiger partial charge in [-0.2, -0.15) is 5.10 Å². The number of amides is 3. The molecule has 0 bridgehead atoms. The first-order valence-electron chi connectivity index (χ1n) is 5.52. The van der Waals surface area contributed by atoms with Crippen LogP contribution in [0.4, 0.5) is 10.6 Å². The number of hydrogen-bond donors (Lipinski definition) is 1. The van der Waals surface area contributed by atoms with Crippen LogP contribution in [0, 0.1) is 0 Å². The predicted octanol–water partition coefficient (Wildman–Crippen LogP) is 1.05. The van der Waals surface area contributed by atoms with E-state index in [4.69, 9.17) is 0 Å². The van der Waals surface area contributed by atoms with Crippen molar-refractivity contribution in [3.63, 3.8) is 0 Å². The fourth-order valence-electron chi connectivity index (χ4n) is 1.60. The van der Waals surface area contributed by atoms with Crippen molar-refractivity contribution >= 4 is 17.8 Å². The number of nitrogens with zero attached hydrogens (tertiary/aromatic N) is 3. The van der Waals surface area contributed by atoms with Crippen LogP contribution >= 0.6 is 0 Å². The molecule has 1 saturated heterocycles. The summed E-state index contributed by atoms with van der Waals surface area (Å²) in [6.45, 7) is 4.43. The molecular formula is C11H14N4O2. The van der Waals surface area contributed by atoms with Gasteiger partial charge in [0, 0.05) is 13.0 Å². The third kappa shape index (κ3) is 2.41. The number of hydrogen-bond acceptors (Lipinski definition) is 4. The average molecular weight is 234 g/mol.